The fourth-order valence-corrected chi connectivity index (χ4v) is 4.73. The number of carbonyl (C=O) groups is 3. The zero-order valence-corrected chi connectivity index (χ0v) is 26.8. The van der Waals surface area contributed by atoms with Crippen LogP contribution in [0.5, 0.6) is 0 Å². The standard InChI is InChI=1S/C33H38N8O5/c1-20(2)36-29-28-23(16-25(37-29)21(3)45-30(43)22-10-8-7-9-11-22)17-35-31(39-28)38-26-13-12-24(18-34-26)41-15-14-40(19-27(41)42)32(44)46-33(4,5)6/h7-13,16-18,20-21H,14-15,19H2,1-6H3,(H,36,37)(H,34,35,38,39)/t21-/m1/s1. The Bertz CT molecular complexity index is 1720. The molecule has 3 aromatic heterocycles. The molecule has 0 saturated carbocycles. The van der Waals surface area contributed by atoms with Crippen LogP contribution < -0.4 is 15.5 Å². The molecule has 4 aromatic rings. The molecule has 46 heavy (non-hydrogen) atoms. The molecule has 1 fully saturated rings. The lowest BCUT2D eigenvalue weighted by Crippen LogP contribution is -2.53. The van der Waals surface area contributed by atoms with Gasteiger partial charge in [0.25, 0.3) is 0 Å². The Morgan fingerprint density at radius 3 is 2.37 bits per heavy atom. The minimum atomic E-state index is -0.636. The molecular weight excluding hydrogens is 588 g/mol. The third-order valence-electron chi connectivity index (χ3n) is 6.89. The van der Waals surface area contributed by atoms with Crippen molar-refractivity contribution >= 4 is 52.1 Å². The number of rotatable bonds is 8. The monoisotopic (exact) mass is 626 g/mol. The van der Waals surface area contributed by atoms with E-state index >= 15 is 0 Å². The second-order valence-corrected chi connectivity index (χ2v) is 12.2. The van der Waals surface area contributed by atoms with Crippen molar-refractivity contribution in [1.29, 1.82) is 0 Å². The number of ether oxygens (including phenoxy) is 2. The second kappa shape index (κ2) is 13.3. The van der Waals surface area contributed by atoms with E-state index < -0.39 is 23.8 Å². The number of hydrogen-bond acceptors (Lipinski definition) is 11. The number of anilines is 4. The average molecular weight is 627 g/mol. The first kappa shape index (κ1) is 32.1. The fourth-order valence-electron chi connectivity index (χ4n) is 4.73. The van der Waals surface area contributed by atoms with Crippen LogP contribution in [-0.2, 0) is 14.3 Å². The number of amides is 2. The minimum absolute atomic E-state index is 0.0578. The molecule has 13 heteroatoms. The number of hydrogen-bond donors (Lipinski definition) is 2. The number of esters is 1. The zero-order chi connectivity index (χ0) is 33.0. The molecule has 0 unspecified atom stereocenters. The molecule has 2 N–H and O–H groups in total. The van der Waals surface area contributed by atoms with E-state index in [9.17, 15) is 14.4 Å². The molecule has 13 nitrogen and oxygen atoms in total. The van der Waals surface area contributed by atoms with E-state index in [1.807, 2.05) is 19.9 Å². The van der Waals surface area contributed by atoms with E-state index in [-0.39, 0.29) is 18.5 Å². The first-order valence-corrected chi connectivity index (χ1v) is 15.1. The van der Waals surface area contributed by atoms with Crippen LogP contribution >= 0.6 is 0 Å². The molecule has 1 aliphatic heterocycles. The predicted molar refractivity (Wildman–Crippen MR) is 174 cm³/mol. The Hall–Kier alpha value is -5.33. The van der Waals surface area contributed by atoms with Gasteiger partial charge >= 0.3 is 12.1 Å². The third kappa shape index (κ3) is 7.84. The van der Waals surface area contributed by atoms with Crippen LogP contribution in [0, 0.1) is 0 Å². The highest BCUT2D eigenvalue weighted by atomic mass is 16.6. The van der Waals surface area contributed by atoms with Gasteiger partial charge in [-0.3, -0.25) is 9.69 Å². The molecule has 240 valence electrons. The smallest absolute Gasteiger partial charge is 0.410 e. The molecule has 0 aliphatic carbocycles. The van der Waals surface area contributed by atoms with Crippen LogP contribution in [0.4, 0.5) is 28.1 Å². The van der Waals surface area contributed by atoms with Crippen molar-refractivity contribution in [3.63, 3.8) is 0 Å². The van der Waals surface area contributed by atoms with Crippen LogP contribution in [0.3, 0.4) is 0 Å². The van der Waals surface area contributed by atoms with Crippen molar-refractivity contribution in [2.24, 2.45) is 0 Å². The summed E-state index contributed by atoms with van der Waals surface area (Å²) in [5, 5.41) is 7.16. The third-order valence-corrected chi connectivity index (χ3v) is 6.89. The molecule has 0 bridgehead atoms. The summed E-state index contributed by atoms with van der Waals surface area (Å²) < 4.78 is 11.1. The quantitative estimate of drug-likeness (QED) is 0.239. The molecule has 0 radical (unpaired) electrons. The van der Waals surface area contributed by atoms with Gasteiger partial charge in [-0.25, -0.2) is 29.5 Å². The Morgan fingerprint density at radius 1 is 0.957 bits per heavy atom. The Kier molecular flexibility index (Phi) is 9.31. The summed E-state index contributed by atoms with van der Waals surface area (Å²) in [5.74, 6) is 0.656. The number of piperazine rings is 1. The van der Waals surface area contributed by atoms with Crippen LogP contribution in [-0.4, -0.2) is 74.1 Å². The zero-order valence-electron chi connectivity index (χ0n) is 26.8. The molecule has 4 heterocycles. The fraction of sp³-hybridized carbons (Fsp3) is 0.364. The molecule has 1 saturated heterocycles. The Labute approximate surface area is 267 Å². The van der Waals surface area contributed by atoms with Gasteiger partial charge in [0.2, 0.25) is 11.9 Å². The lowest BCUT2D eigenvalue weighted by atomic mass is 10.1. The van der Waals surface area contributed by atoms with Gasteiger partial charge in [0.05, 0.1) is 23.1 Å². The van der Waals surface area contributed by atoms with Gasteiger partial charge in [-0.05, 0) is 71.9 Å². The molecule has 1 atom stereocenters. The maximum Gasteiger partial charge on any atom is 0.410 e. The van der Waals surface area contributed by atoms with Crippen molar-refractivity contribution in [2.45, 2.75) is 59.3 Å². The van der Waals surface area contributed by atoms with Gasteiger partial charge in [-0.1, -0.05) is 18.2 Å². The Morgan fingerprint density at radius 2 is 1.72 bits per heavy atom. The summed E-state index contributed by atoms with van der Waals surface area (Å²) in [5.41, 5.74) is 1.58. The normalized spacial score (nSPS) is 14.3. The Balaban J connectivity index is 1.29. The lowest BCUT2D eigenvalue weighted by Gasteiger charge is -2.35. The van der Waals surface area contributed by atoms with Crippen molar-refractivity contribution in [3.05, 3.63) is 72.2 Å². The number of nitrogens with zero attached hydrogens (tertiary/aromatic N) is 6. The molecule has 1 aliphatic rings. The maximum absolute atomic E-state index is 12.8. The highest BCUT2D eigenvalue weighted by Gasteiger charge is 2.31. The number of carbonyl (C=O) groups excluding carboxylic acids is 3. The van der Waals surface area contributed by atoms with E-state index in [1.54, 1.807) is 87.5 Å². The number of pyridine rings is 2. The van der Waals surface area contributed by atoms with E-state index in [1.165, 1.54) is 4.90 Å². The number of aromatic nitrogens is 4. The maximum atomic E-state index is 12.8. The summed E-state index contributed by atoms with van der Waals surface area (Å²) in [6.45, 7) is 11.7. The van der Waals surface area contributed by atoms with Gasteiger partial charge in [0.1, 0.15) is 29.6 Å². The first-order valence-electron chi connectivity index (χ1n) is 15.1. The van der Waals surface area contributed by atoms with Crippen LogP contribution in [0.1, 0.15) is 63.7 Å². The van der Waals surface area contributed by atoms with Crippen LogP contribution in [0.2, 0.25) is 0 Å². The molecular formula is C33H38N8O5. The van der Waals surface area contributed by atoms with Crippen LogP contribution in [0.15, 0.2) is 60.9 Å². The van der Waals surface area contributed by atoms with E-state index in [0.717, 1.165) is 0 Å². The van der Waals surface area contributed by atoms with Gasteiger partial charge in [-0.15, -0.1) is 0 Å². The van der Waals surface area contributed by atoms with Gasteiger partial charge < -0.3 is 25.0 Å². The van der Waals surface area contributed by atoms with E-state index in [2.05, 4.69) is 20.6 Å². The largest absolute Gasteiger partial charge is 0.453 e. The van der Waals surface area contributed by atoms with Gasteiger partial charge in [0, 0.05) is 30.7 Å². The highest BCUT2D eigenvalue weighted by Crippen LogP contribution is 2.28. The minimum Gasteiger partial charge on any atom is -0.453 e. The molecule has 2 amide bonds. The van der Waals surface area contributed by atoms with Gasteiger partial charge in [0.15, 0.2) is 5.82 Å². The van der Waals surface area contributed by atoms with E-state index in [0.29, 0.717) is 58.5 Å². The van der Waals surface area contributed by atoms with Crippen molar-refractivity contribution in [3.8, 4) is 0 Å². The number of fused-ring (bicyclic) bond motifs is 1. The molecule has 5 rings (SSSR count). The predicted octanol–water partition coefficient (Wildman–Crippen LogP) is 5.49. The number of benzene rings is 1. The first-order chi connectivity index (χ1) is 21.9. The lowest BCUT2D eigenvalue weighted by molar-refractivity contribution is -0.121. The van der Waals surface area contributed by atoms with Gasteiger partial charge in [-0.2, -0.15) is 0 Å². The second-order valence-electron chi connectivity index (χ2n) is 12.2. The summed E-state index contributed by atoms with van der Waals surface area (Å²) in [6, 6.07) is 14.2. The SMILES string of the molecule is CC(C)Nc1nc([C@@H](C)OC(=O)c2ccccc2)cc2cnc(Nc3ccc(N4CCN(C(=O)OC(C)(C)C)CC4=O)cn3)nc12. The highest BCUT2D eigenvalue weighted by molar-refractivity contribution is 5.97. The topological polar surface area (TPSA) is 152 Å². The van der Waals surface area contributed by atoms with Crippen LogP contribution in [0.25, 0.3) is 10.9 Å². The van der Waals surface area contributed by atoms with Crippen molar-refractivity contribution < 1.29 is 23.9 Å². The summed E-state index contributed by atoms with van der Waals surface area (Å²) in [6.07, 6.45) is 2.14. The van der Waals surface area contributed by atoms with E-state index in [4.69, 9.17) is 19.4 Å². The molecule has 0 spiro atoms. The summed E-state index contributed by atoms with van der Waals surface area (Å²) in [4.78, 5) is 59.2. The van der Waals surface area contributed by atoms with Crippen molar-refractivity contribution in [2.75, 3.05) is 35.2 Å². The number of nitrogens with one attached hydrogen (secondary N) is 2. The average Bonchev–Trinajstić information content (AvgIpc) is 3.01. The van der Waals surface area contributed by atoms with Crippen molar-refractivity contribution in [1.82, 2.24) is 24.8 Å². The molecule has 1 aromatic carbocycles. The summed E-state index contributed by atoms with van der Waals surface area (Å²) in [7, 11) is 0. The summed E-state index contributed by atoms with van der Waals surface area (Å²) >= 11 is 0.